The van der Waals surface area contributed by atoms with Crippen molar-refractivity contribution in [3.05, 3.63) is 58.4 Å². The Bertz CT molecular complexity index is 784. The summed E-state index contributed by atoms with van der Waals surface area (Å²) >= 11 is 0. The Balaban J connectivity index is 1.71. The van der Waals surface area contributed by atoms with Crippen LogP contribution in [0.15, 0.2) is 46.9 Å². The molecule has 0 spiro atoms. The fraction of sp³-hybridized carbons (Fsp3) is 0.333. The van der Waals surface area contributed by atoms with E-state index in [1.165, 1.54) is 13.2 Å². The number of methoxy groups -OCH3 is 1. The lowest BCUT2D eigenvalue weighted by Gasteiger charge is -2.11. The fourth-order valence-corrected chi connectivity index (χ4v) is 2.91. The molecule has 0 amide bonds. The molecule has 0 saturated carbocycles. The second-order valence-electron chi connectivity index (χ2n) is 5.96. The summed E-state index contributed by atoms with van der Waals surface area (Å²) in [5.41, 5.74) is 0.357. The summed E-state index contributed by atoms with van der Waals surface area (Å²) in [7, 11) is 1.47. The van der Waals surface area contributed by atoms with Crippen LogP contribution in [0, 0.1) is 16.0 Å². The van der Waals surface area contributed by atoms with Gasteiger partial charge in [0.15, 0.2) is 0 Å². The Morgan fingerprint density at radius 1 is 1.36 bits per heavy atom. The van der Waals surface area contributed by atoms with E-state index < -0.39 is 4.92 Å². The number of aliphatic hydroxyl groups is 1. The number of nitrogens with zero attached hydrogens (tertiary/aromatic N) is 1. The van der Waals surface area contributed by atoms with Crippen molar-refractivity contribution in [2.24, 2.45) is 5.92 Å². The third-order valence-electron chi connectivity index (χ3n) is 4.27. The molecule has 3 rings (SSSR count). The van der Waals surface area contributed by atoms with E-state index in [9.17, 15) is 10.1 Å². The van der Waals surface area contributed by atoms with Crippen LogP contribution in [0.4, 0.5) is 5.69 Å². The number of ether oxygens (including phenoxy) is 1. The fourth-order valence-electron chi connectivity index (χ4n) is 2.91. The predicted molar refractivity (Wildman–Crippen MR) is 92.3 cm³/mol. The summed E-state index contributed by atoms with van der Waals surface area (Å²) in [6.07, 6.45) is 4.90. The lowest BCUT2D eigenvalue weighted by atomic mass is 10.1. The number of furan rings is 1. The van der Waals surface area contributed by atoms with Crippen LogP contribution >= 0.6 is 0 Å². The summed E-state index contributed by atoms with van der Waals surface area (Å²) in [6.45, 7) is 0.665. The first-order valence-corrected chi connectivity index (χ1v) is 8.04. The molecular formula is C18H20N2O5. The van der Waals surface area contributed by atoms with Gasteiger partial charge < -0.3 is 19.6 Å². The molecule has 0 saturated heterocycles. The number of hydrogen-bond donors (Lipinski definition) is 2. The van der Waals surface area contributed by atoms with Gasteiger partial charge in [-0.15, -0.1) is 0 Å². The second kappa shape index (κ2) is 7.50. The molecule has 0 bridgehead atoms. The maximum Gasteiger partial charge on any atom is 0.284 e. The van der Waals surface area contributed by atoms with E-state index >= 15 is 0 Å². The van der Waals surface area contributed by atoms with E-state index in [-0.39, 0.29) is 24.3 Å². The Kier molecular flexibility index (Phi) is 5.16. The smallest absolute Gasteiger partial charge is 0.284 e. The number of nitrogens with one attached hydrogen (secondary N) is 1. The van der Waals surface area contributed by atoms with Gasteiger partial charge in [0, 0.05) is 18.6 Å². The molecule has 0 unspecified atom stereocenters. The second-order valence-corrected chi connectivity index (χ2v) is 5.96. The Morgan fingerprint density at radius 2 is 2.20 bits per heavy atom. The van der Waals surface area contributed by atoms with Crippen LogP contribution in [0.25, 0.3) is 11.3 Å². The van der Waals surface area contributed by atoms with Crippen LogP contribution in [-0.4, -0.2) is 29.8 Å². The van der Waals surface area contributed by atoms with Crippen molar-refractivity contribution < 1.29 is 19.2 Å². The highest BCUT2D eigenvalue weighted by atomic mass is 16.6. The molecule has 2 atom stereocenters. The molecule has 0 fully saturated rings. The van der Waals surface area contributed by atoms with Crippen molar-refractivity contribution in [2.75, 3.05) is 13.7 Å². The number of nitro benzene ring substituents is 1. The van der Waals surface area contributed by atoms with E-state index in [0.29, 0.717) is 29.4 Å². The Hall–Kier alpha value is -2.64. The largest absolute Gasteiger partial charge is 0.497 e. The first-order chi connectivity index (χ1) is 12.1. The van der Waals surface area contributed by atoms with Gasteiger partial charge in [0.25, 0.3) is 5.69 Å². The van der Waals surface area contributed by atoms with E-state index in [4.69, 9.17) is 14.3 Å². The van der Waals surface area contributed by atoms with E-state index in [0.717, 1.165) is 6.42 Å². The minimum Gasteiger partial charge on any atom is -0.497 e. The Labute approximate surface area is 145 Å². The Morgan fingerprint density at radius 3 is 2.88 bits per heavy atom. The van der Waals surface area contributed by atoms with Crippen LogP contribution in [0.5, 0.6) is 5.75 Å². The molecule has 1 aromatic heterocycles. The molecule has 0 radical (unpaired) electrons. The molecule has 2 aromatic rings. The van der Waals surface area contributed by atoms with Crippen molar-refractivity contribution in [1.29, 1.82) is 0 Å². The van der Waals surface area contributed by atoms with E-state index in [1.807, 2.05) is 12.2 Å². The van der Waals surface area contributed by atoms with Gasteiger partial charge in [-0.3, -0.25) is 10.1 Å². The van der Waals surface area contributed by atoms with Gasteiger partial charge in [0.05, 0.1) is 30.2 Å². The SMILES string of the molecule is COc1ccc(-c2ccc(CN[C@@H]3C=C[C@H](CO)C3)o2)c([N+](=O)[O-])c1. The van der Waals surface area contributed by atoms with Crippen LogP contribution in [0.3, 0.4) is 0 Å². The monoisotopic (exact) mass is 344 g/mol. The third-order valence-corrected chi connectivity index (χ3v) is 4.27. The zero-order valence-corrected chi connectivity index (χ0v) is 13.8. The first kappa shape index (κ1) is 17.2. The highest BCUT2D eigenvalue weighted by Gasteiger charge is 2.20. The molecule has 1 aromatic carbocycles. The quantitative estimate of drug-likeness (QED) is 0.455. The zero-order chi connectivity index (χ0) is 17.8. The minimum absolute atomic E-state index is 0.0577. The highest BCUT2D eigenvalue weighted by molar-refractivity contribution is 5.71. The number of nitro groups is 1. The van der Waals surface area contributed by atoms with Gasteiger partial charge in [-0.25, -0.2) is 0 Å². The summed E-state index contributed by atoms with van der Waals surface area (Å²) in [6, 6.07) is 8.40. The molecule has 7 nitrogen and oxygen atoms in total. The lowest BCUT2D eigenvalue weighted by Crippen LogP contribution is -2.25. The maximum atomic E-state index is 11.3. The van der Waals surface area contributed by atoms with Crippen LogP contribution in [-0.2, 0) is 6.54 Å². The van der Waals surface area contributed by atoms with Crippen LogP contribution in [0.2, 0.25) is 0 Å². The van der Waals surface area contributed by atoms with Crippen molar-refractivity contribution in [3.8, 4) is 17.1 Å². The van der Waals surface area contributed by atoms with Crippen molar-refractivity contribution in [3.63, 3.8) is 0 Å². The summed E-state index contributed by atoms with van der Waals surface area (Å²) in [5.74, 6) is 1.77. The normalized spacial score (nSPS) is 19.3. The minimum atomic E-state index is -0.448. The predicted octanol–water partition coefficient (Wildman–Crippen LogP) is 2.89. The topological polar surface area (TPSA) is 97.8 Å². The van der Waals surface area contributed by atoms with Crippen molar-refractivity contribution >= 4 is 5.69 Å². The number of rotatable bonds is 7. The van der Waals surface area contributed by atoms with Gasteiger partial charge in [-0.2, -0.15) is 0 Å². The zero-order valence-electron chi connectivity index (χ0n) is 13.8. The van der Waals surface area contributed by atoms with Crippen LogP contribution < -0.4 is 10.1 Å². The number of hydrogen-bond acceptors (Lipinski definition) is 6. The molecule has 25 heavy (non-hydrogen) atoms. The van der Waals surface area contributed by atoms with Gasteiger partial charge in [-0.05, 0) is 30.7 Å². The van der Waals surface area contributed by atoms with Crippen LogP contribution in [0.1, 0.15) is 12.2 Å². The molecule has 1 aliphatic rings. The lowest BCUT2D eigenvalue weighted by molar-refractivity contribution is -0.384. The third kappa shape index (κ3) is 3.89. The van der Waals surface area contributed by atoms with Gasteiger partial charge >= 0.3 is 0 Å². The van der Waals surface area contributed by atoms with Crippen molar-refractivity contribution in [1.82, 2.24) is 5.32 Å². The maximum absolute atomic E-state index is 11.3. The highest BCUT2D eigenvalue weighted by Crippen LogP contribution is 2.34. The summed E-state index contributed by atoms with van der Waals surface area (Å²) in [5, 5.41) is 23.8. The van der Waals surface area contributed by atoms with Gasteiger partial charge in [-0.1, -0.05) is 12.2 Å². The van der Waals surface area contributed by atoms with Crippen molar-refractivity contribution in [2.45, 2.75) is 19.0 Å². The average Bonchev–Trinajstić information content (AvgIpc) is 3.28. The molecule has 2 N–H and O–H groups in total. The molecule has 0 aliphatic heterocycles. The molecule has 7 heteroatoms. The summed E-state index contributed by atoms with van der Waals surface area (Å²) in [4.78, 5) is 10.8. The molecule has 1 heterocycles. The molecule has 1 aliphatic carbocycles. The van der Waals surface area contributed by atoms with Gasteiger partial charge in [0.1, 0.15) is 17.3 Å². The van der Waals surface area contributed by atoms with Gasteiger partial charge in [0.2, 0.25) is 0 Å². The molecular weight excluding hydrogens is 324 g/mol. The van der Waals surface area contributed by atoms with E-state index in [1.54, 1.807) is 24.3 Å². The standard InChI is InChI=1S/C18H20N2O5/c1-24-14-4-6-16(17(9-14)20(22)23)18-7-5-15(25-18)10-19-13-3-2-12(8-13)11-21/h2-7,9,12-13,19,21H,8,10-11H2,1H3/t12-,13+/m0/s1. The summed E-state index contributed by atoms with van der Waals surface area (Å²) < 4.78 is 10.8. The number of benzene rings is 1. The first-order valence-electron chi connectivity index (χ1n) is 8.04. The average molecular weight is 344 g/mol. The molecule has 132 valence electrons. The van der Waals surface area contributed by atoms with E-state index in [2.05, 4.69) is 5.32 Å². The number of aliphatic hydroxyl groups excluding tert-OH is 1.